The van der Waals surface area contributed by atoms with Gasteiger partial charge in [-0.1, -0.05) is 19.4 Å². The van der Waals surface area contributed by atoms with Crippen LogP contribution in [0.1, 0.15) is 44.5 Å². The Balaban J connectivity index is 1.90. The Morgan fingerprint density at radius 2 is 2.03 bits per heavy atom. The predicted molar refractivity (Wildman–Crippen MR) is 107 cm³/mol. The van der Waals surface area contributed by atoms with Gasteiger partial charge in [-0.3, -0.25) is 14.6 Å². The fraction of sp³-hybridized carbons (Fsp3) is 0.333. The molecular weight excluding hydrogens is 392 g/mol. The summed E-state index contributed by atoms with van der Waals surface area (Å²) in [6, 6.07) is 7.80. The van der Waals surface area contributed by atoms with Gasteiger partial charge in [-0.15, -0.1) is 0 Å². The fourth-order valence-electron chi connectivity index (χ4n) is 3.80. The average Bonchev–Trinajstić information content (AvgIpc) is 3.15. The van der Waals surface area contributed by atoms with Gasteiger partial charge in [0, 0.05) is 29.9 Å². The number of hydrogen-bond acceptors (Lipinski definition) is 4. The number of anilines is 1. The van der Waals surface area contributed by atoms with Gasteiger partial charge in [-0.2, -0.15) is 13.9 Å². The van der Waals surface area contributed by atoms with E-state index in [4.69, 9.17) is 0 Å². The molecular formula is C21H21F2N5O2. The molecule has 9 heteroatoms. The Kier molecular flexibility index (Phi) is 5.43. The van der Waals surface area contributed by atoms with Crippen LogP contribution in [0.3, 0.4) is 0 Å². The molecule has 156 valence electrons. The summed E-state index contributed by atoms with van der Waals surface area (Å²) in [5.74, 6) is -0.583. The normalized spacial score (nSPS) is 19.5. The van der Waals surface area contributed by atoms with Crippen molar-refractivity contribution in [3.05, 3.63) is 65.0 Å². The summed E-state index contributed by atoms with van der Waals surface area (Å²) in [5.41, 5.74) is 1.18. The van der Waals surface area contributed by atoms with Crippen molar-refractivity contribution in [2.75, 3.05) is 5.32 Å². The molecule has 0 fully saturated rings. The molecule has 4 rings (SSSR count). The van der Waals surface area contributed by atoms with E-state index >= 15 is 0 Å². The lowest BCUT2D eigenvalue weighted by molar-refractivity contribution is -0.119. The Morgan fingerprint density at radius 3 is 2.80 bits per heavy atom. The topological polar surface area (TPSA) is 81.8 Å². The van der Waals surface area contributed by atoms with Gasteiger partial charge < -0.3 is 9.88 Å². The molecule has 4 heterocycles. The van der Waals surface area contributed by atoms with Crippen molar-refractivity contribution in [2.24, 2.45) is 5.92 Å². The number of alkyl halides is 2. The maximum absolute atomic E-state index is 13.6. The van der Waals surface area contributed by atoms with Gasteiger partial charge in [0.05, 0.1) is 29.3 Å². The highest BCUT2D eigenvalue weighted by molar-refractivity contribution is 5.95. The molecule has 0 saturated carbocycles. The third-order valence-electron chi connectivity index (χ3n) is 5.38. The fourth-order valence-corrected chi connectivity index (χ4v) is 3.80. The number of carbonyl (C=O) groups excluding carboxylic acids is 1. The molecule has 0 spiro atoms. The molecule has 0 saturated heterocycles. The van der Waals surface area contributed by atoms with Crippen LogP contribution in [0.5, 0.6) is 0 Å². The van der Waals surface area contributed by atoms with Gasteiger partial charge in [-0.25, -0.2) is 4.68 Å². The second-order valence-corrected chi connectivity index (χ2v) is 7.38. The van der Waals surface area contributed by atoms with Gasteiger partial charge in [-0.05, 0) is 31.0 Å². The maximum Gasteiger partial charge on any atom is 0.333 e. The SMILES string of the molecule is C[C@@H]1CCC[C@H](n2ccccc2=O)c2cc(ccn2)-c2c(cnn2C(F)F)NC1=O. The van der Waals surface area contributed by atoms with E-state index in [1.807, 2.05) is 0 Å². The van der Waals surface area contributed by atoms with Gasteiger partial charge in [0.1, 0.15) is 0 Å². The van der Waals surface area contributed by atoms with Crippen molar-refractivity contribution in [1.82, 2.24) is 19.3 Å². The van der Waals surface area contributed by atoms with Gasteiger partial charge in [0.15, 0.2) is 0 Å². The number of pyridine rings is 2. The first-order valence-electron chi connectivity index (χ1n) is 9.75. The zero-order valence-corrected chi connectivity index (χ0v) is 16.3. The lowest BCUT2D eigenvalue weighted by atomic mass is 9.97. The molecule has 0 radical (unpaired) electrons. The molecule has 3 aromatic heterocycles. The van der Waals surface area contributed by atoms with Crippen LogP contribution in [-0.4, -0.2) is 25.2 Å². The van der Waals surface area contributed by atoms with Gasteiger partial charge in [0.25, 0.3) is 5.56 Å². The zero-order chi connectivity index (χ0) is 21.3. The van der Waals surface area contributed by atoms with Crippen molar-refractivity contribution < 1.29 is 13.6 Å². The number of aromatic nitrogens is 4. The van der Waals surface area contributed by atoms with Crippen molar-refractivity contribution in [3.63, 3.8) is 0 Å². The van der Waals surface area contributed by atoms with Gasteiger partial charge >= 0.3 is 6.55 Å². The third kappa shape index (κ3) is 3.74. The summed E-state index contributed by atoms with van der Waals surface area (Å²) in [6.07, 6.45) is 6.31. The summed E-state index contributed by atoms with van der Waals surface area (Å²) >= 11 is 0. The van der Waals surface area contributed by atoms with E-state index < -0.39 is 6.55 Å². The molecule has 2 atom stereocenters. The first kappa shape index (κ1) is 19.9. The number of nitrogens with zero attached hydrogens (tertiary/aromatic N) is 4. The Morgan fingerprint density at radius 1 is 1.20 bits per heavy atom. The number of rotatable bonds is 2. The Hall–Kier alpha value is -3.36. The minimum atomic E-state index is -2.87. The molecule has 0 unspecified atom stereocenters. The lowest BCUT2D eigenvalue weighted by Crippen LogP contribution is -2.26. The van der Waals surface area contributed by atoms with Crippen LogP contribution < -0.4 is 10.9 Å². The monoisotopic (exact) mass is 413 g/mol. The predicted octanol–water partition coefficient (Wildman–Crippen LogP) is 3.85. The highest BCUT2D eigenvalue weighted by atomic mass is 19.3. The van der Waals surface area contributed by atoms with Crippen LogP contribution in [0.2, 0.25) is 0 Å². The molecule has 0 aliphatic carbocycles. The molecule has 0 aromatic carbocycles. The van der Waals surface area contributed by atoms with E-state index in [0.29, 0.717) is 35.2 Å². The van der Waals surface area contributed by atoms with Crippen molar-refractivity contribution in [3.8, 4) is 11.3 Å². The highest BCUT2D eigenvalue weighted by Crippen LogP contribution is 2.34. The number of amides is 1. The van der Waals surface area contributed by atoms with E-state index in [2.05, 4.69) is 15.4 Å². The summed E-state index contributed by atoms with van der Waals surface area (Å²) in [5, 5.41) is 6.50. The van der Waals surface area contributed by atoms with E-state index in [9.17, 15) is 18.4 Å². The van der Waals surface area contributed by atoms with E-state index in [0.717, 1.165) is 0 Å². The quantitative estimate of drug-likeness (QED) is 0.692. The van der Waals surface area contributed by atoms with Crippen molar-refractivity contribution in [2.45, 2.75) is 38.8 Å². The van der Waals surface area contributed by atoms with E-state index in [1.54, 1.807) is 42.0 Å². The number of carbonyl (C=O) groups is 1. The third-order valence-corrected chi connectivity index (χ3v) is 5.38. The smallest absolute Gasteiger partial charge is 0.323 e. The first-order valence-corrected chi connectivity index (χ1v) is 9.75. The zero-order valence-electron chi connectivity index (χ0n) is 16.3. The van der Waals surface area contributed by atoms with Crippen LogP contribution in [0.25, 0.3) is 11.3 Å². The van der Waals surface area contributed by atoms with Crippen LogP contribution >= 0.6 is 0 Å². The Labute approximate surface area is 171 Å². The molecule has 7 nitrogen and oxygen atoms in total. The lowest BCUT2D eigenvalue weighted by Gasteiger charge is -2.22. The maximum atomic E-state index is 13.6. The average molecular weight is 413 g/mol. The second kappa shape index (κ2) is 8.17. The summed E-state index contributed by atoms with van der Waals surface area (Å²) < 4.78 is 29.4. The number of nitrogens with one attached hydrogen (secondary N) is 1. The summed E-state index contributed by atoms with van der Waals surface area (Å²) in [7, 11) is 0. The number of hydrogen-bond donors (Lipinski definition) is 1. The molecule has 1 N–H and O–H groups in total. The van der Waals surface area contributed by atoms with Gasteiger partial charge in [0.2, 0.25) is 5.91 Å². The molecule has 3 aromatic rings. The standard InChI is InChI=1S/C21H21F2N5O2/c1-13-5-4-6-17(27-10-3-2-7-18(27)29)15-11-14(8-9-24-15)19-16(26-20(13)30)12-25-28(19)21(22)23/h2-3,7-13,17,21H,4-6H2,1H3,(H,26,30)/t13-,17+/m1/s1. The summed E-state index contributed by atoms with van der Waals surface area (Å²) in [6.45, 7) is -1.08. The first-order chi connectivity index (χ1) is 14.5. The molecule has 1 amide bonds. The van der Waals surface area contributed by atoms with E-state index in [1.165, 1.54) is 18.5 Å². The van der Waals surface area contributed by atoms with Crippen molar-refractivity contribution in [1.29, 1.82) is 0 Å². The second-order valence-electron chi connectivity index (χ2n) is 7.38. The van der Waals surface area contributed by atoms with E-state index in [-0.39, 0.29) is 34.8 Å². The van der Waals surface area contributed by atoms with Crippen LogP contribution in [0.4, 0.5) is 14.5 Å². The minimum Gasteiger partial charge on any atom is -0.323 e. The van der Waals surface area contributed by atoms with Crippen LogP contribution in [0.15, 0.2) is 53.7 Å². The minimum absolute atomic E-state index is 0.105. The van der Waals surface area contributed by atoms with Crippen LogP contribution in [0, 0.1) is 5.92 Å². The largest absolute Gasteiger partial charge is 0.333 e. The highest BCUT2D eigenvalue weighted by Gasteiger charge is 2.25. The molecule has 30 heavy (non-hydrogen) atoms. The number of halogens is 2. The Bertz CT molecular complexity index is 1120. The molecule has 1 aliphatic heterocycles. The summed E-state index contributed by atoms with van der Waals surface area (Å²) in [4.78, 5) is 29.5. The molecule has 1 aliphatic rings. The van der Waals surface area contributed by atoms with Crippen LogP contribution in [-0.2, 0) is 4.79 Å². The van der Waals surface area contributed by atoms with Crippen molar-refractivity contribution >= 4 is 11.6 Å². The number of fused-ring (bicyclic) bond motifs is 4. The molecule has 2 bridgehead atoms.